The lowest BCUT2D eigenvalue weighted by atomic mass is 9.69. The summed E-state index contributed by atoms with van der Waals surface area (Å²) >= 11 is 0. The first-order valence-electron chi connectivity index (χ1n) is 18.4. The zero-order chi connectivity index (χ0) is 33.1. The van der Waals surface area contributed by atoms with Gasteiger partial charge in [0.2, 0.25) is 0 Å². The smallest absolute Gasteiger partial charge is 0.00259 e. The van der Waals surface area contributed by atoms with Gasteiger partial charge in [-0.25, -0.2) is 0 Å². The molecular weight excluding hydrogens is 589 g/mol. The molecular formula is C49H44. The van der Waals surface area contributed by atoms with E-state index in [9.17, 15) is 0 Å². The monoisotopic (exact) mass is 632 g/mol. The molecule has 49 heavy (non-hydrogen) atoms. The lowest BCUT2D eigenvalue weighted by Crippen LogP contribution is -2.19. The summed E-state index contributed by atoms with van der Waals surface area (Å²) in [4.78, 5) is 0. The normalized spacial score (nSPS) is 21.7. The Morgan fingerprint density at radius 1 is 0.490 bits per heavy atom. The second-order valence-electron chi connectivity index (χ2n) is 14.8. The molecule has 9 rings (SSSR count). The summed E-state index contributed by atoms with van der Waals surface area (Å²) in [6.45, 7) is 7.36. The van der Waals surface area contributed by atoms with E-state index in [-0.39, 0.29) is 0 Å². The van der Waals surface area contributed by atoms with Crippen LogP contribution in [0.3, 0.4) is 0 Å². The van der Waals surface area contributed by atoms with Crippen LogP contribution in [0.1, 0.15) is 91.7 Å². The maximum atomic E-state index is 2.56. The Balaban J connectivity index is 1.21. The van der Waals surface area contributed by atoms with E-state index in [1.54, 1.807) is 16.7 Å². The van der Waals surface area contributed by atoms with Crippen LogP contribution in [0.5, 0.6) is 0 Å². The molecule has 0 aromatic heterocycles. The van der Waals surface area contributed by atoms with Crippen molar-refractivity contribution in [3.05, 3.63) is 172 Å². The Kier molecular flexibility index (Phi) is 7.50. The Hall–Kier alpha value is -4.94. The SMILES string of the molecule is C/C1=C2/CC(C3=C(CCCCc4ccc(-c5ccc(-c6ccc7ccccc7c6)cc5)cc43)c3ccccc32)C(C)c2ccccc2C1C. The predicted molar refractivity (Wildman–Crippen MR) is 210 cm³/mol. The summed E-state index contributed by atoms with van der Waals surface area (Å²) in [5.41, 5.74) is 20.4. The molecule has 6 aromatic rings. The molecule has 0 fully saturated rings. The summed E-state index contributed by atoms with van der Waals surface area (Å²) in [5, 5.41) is 2.57. The number of fused-ring (bicyclic) bond motifs is 10. The summed E-state index contributed by atoms with van der Waals surface area (Å²) in [7, 11) is 0. The van der Waals surface area contributed by atoms with Crippen molar-refractivity contribution in [3.8, 4) is 22.3 Å². The van der Waals surface area contributed by atoms with E-state index >= 15 is 0 Å². The van der Waals surface area contributed by atoms with Crippen LogP contribution in [0.4, 0.5) is 0 Å². The lowest BCUT2D eigenvalue weighted by molar-refractivity contribution is 0.554. The molecule has 0 aliphatic heterocycles. The highest BCUT2D eigenvalue weighted by molar-refractivity contribution is 6.00. The van der Waals surface area contributed by atoms with Gasteiger partial charge in [0.05, 0.1) is 0 Å². The van der Waals surface area contributed by atoms with Gasteiger partial charge in [0.25, 0.3) is 0 Å². The number of hydrogen-bond donors (Lipinski definition) is 0. The van der Waals surface area contributed by atoms with E-state index in [0.29, 0.717) is 17.8 Å². The van der Waals surface area contributed by atoms with Crippen LogP contribution in [-0.2, 0) is 6.42 Å². The second kappa shape index (κ2) is 12.2. The van der Waals surface area contributed by atoms with Gasteiger partial charge in [-0.2, -0.15) is 0 Å². The van der Waals surface area contributed by atoms with Crippen molar-refractivity contribution in [1.29, 1.82) is 0 Å². The molecule has 6 aromatic carbocycles. The molecule has 0 heterocycles. The zero-order valence-corrected chi connectivity index (χ0v) is 29.0. The van der Waals surface area contributed by atoms with Crippen LogP contribution in [0.15, 0.2) is 139 Å². The average Bonchev–Trinajstić information content (AvgIpc) is 3.29. The predicted octanol–water partition coefficient (Wildman–Crippen LogP) is 13.5. The third-order valence-corrected chi connectivity index (χ3v) is 12.2. The van der Waals surface area contributed by atoms with Gasteiger partial charge in [-0.3, -0.25) is 0 Å². The van der Waals surface area contributed by atoms with Gasteiger partial charge < -0.3 is 0 Å². The topological polar surface area (TPSA) is 0 Å². The third-order valence-electron chi connectivity index (χ3n) is 12.2. The summed E-state index contributed by atoms with van der Waals surface area (Å²) < 4.78 is 0. The van der Waals surface area contributed by atoms with E-state index in [1.807, 2.05) is 0 Å². The highest BCUT2D eigenvalue weighted by Crippen LogP contribution is 2.55. The molecule has 0 heteroatoms. The number of aryl methyl sites for hydroxylation is 1. The van der Waals surface area contributed by atoms with E-state index in [0.717, 1.165) is 19.3 Å². The minimum atomic E-state index is 0.403. The van der Waals surface area contributed by atoms with Crippen molar-refractivity contribution >= 4 is 27.5 Å². The molecule has 0 amide bonds. The van der Waals surface area contributed by atoms with Crippen molar-refractivity contribution in [2.24, 2.45) is 5.92 Å². The van der Waals surface area contributed by atoms with Crippen molar-refractivity contribution < 1.29 is 0 Å². The van der Waals surface area contributed by atoms with Crippen molar-refractivity contribution in [1.82, 2.24) is 0 Å². The summed E-state index contributed by atoms with van der Waals surface area (Å²) in [6, 6.07) is 50.8. The molecule has 0 saturated carbocycles. The van der Waals surface area contributed by atoms with Crippen LogP contribution in [0, 0.1) is 5.92 Å². The standard InChI is InChI=1S/C49H44/c1-31-32(2)46-30-47(33(3)42-16-9-8-15-41(31)42)49-45(43-17-10-11-18-44(43)46)19-7-6-13-37-25-27-40(29-48(37)49)36-22-20-35(21-23-36)39-26-24-34-12-4-5-14-38(34)28-39/h4-5,8-12,14-18,20-29,31,33,47H,6-7,13,19,30H2,1-3H3/b46-32+. The summed E-state index contributed by atoms with van der Waals surface area (Å²) in [5.74, 6) is 1.22. The molecule has 0 nitrogen and oxygen atoms in total. The quantitative estimate of drug-likeness (QED) is 0.178. The fraction of sp³-hybridized carbons (Fsp3) is 0.224. The fourth-order valence-corrected chi connectivity index (χ4v) is 9.34. The molecule has 3 atom stereocenters. The van der Waals surface area contributed by atoms with Gasteiger partial charge in [-0.1, -0.05) is 141 Å². The highest BCUT2D eigenvalue weighted by atomic mass is 14.4. The summed E-state index contributed by atoms with van der Waals surface area (Å²) in [6.07, 6.45) is 5.84. The third kappa shape index (κ3) is 5.12. The molecule has 3 unspecified atom stereocenters. The molecule has 0 spiro atoms. The largest absolute Gasteiger partial charge is 0.0622 e. The van der Waals surface area contributed by atoms with Gasteiger partial charge in [0.15, 0.2) is 0 Å². The Morgan fingerprint density at radius 2 is 1.08 bits per heavy atom. The molecule has 0 radical (unpaired) electrons. The number of benzene rings is 6. The van der Waals surface area contributed by atoms with Gasteiger partial charge >= 0.3 is 0 Å². The van der Waals surface area contributed by atoms with Crippen molar-refractivity contribution in [2.75, 3.05) is 0 Å². The minimum Gasteiger partial charge on any atom is -0.0622 e. The second-order valence-corrected chi connectivity index (χ2v) is 14.8. The van der Waals surface area contributed by atoms with Crippen LogP contribution in [0.25, 0.3) is 49.7 Å². The van der Waals surface area contributed by atoms with Gasteiger partial charge in [0.1, 0.15) is 0 Å². The molecule has 0 saturated heterocycles. The molecule has 240 valence electrons. The van der Waals surface area contributed by atoms with Crippen LogP contribution in [0.2, 0.25) is 0 Å². The fourth-order valence-electron chi connectivity index (χ4n) is 9.34. The van der Waals surface area contributed by atoms with E-state index < -0.39 is 0 Å². The molecule has 3 aliphatic rings. The van der Waals surface area contributed by atoms with E-state index in [1.165, 1.54) is 84.8 Å². The van der Waals surface area contributed by atoms with Crippen LogP contribution >= 0.6 is 0 Å². The first-order chi connectivity index (χ1) is 24.0. The average molecular weight is 633 g/mol. The molecule has 3 aliphatic carbocycles. The van der Waals surface area contributed by atoms with Gasteiger partial charge in [0, 0.05) is 5.92 Å². The van der Waals surface area contributed by atoms with Gasteiger partial charge in [-0.15, -0.1) is 0 Å². The Labute approximate surface area is 291 Å². The van der Waals surface area contributed by atoms with Gasteiger partial charge in [-0.05, 0) is 146 Å². The molecule has 2 bridgehead atoms. The van der Waals surface area contributed by atoms with Crippen LogP contribution < -0.4 is 0 Å². The first kappa shape index (κ1) is 30.1. The number of hydrogen-bond acceptors (Lipinski definition) is 0. The van der Waals surface area contributed by atoms with E-state index in [4.69, 9.17) is 0 Å². The van der Waals surface area contributed by atoms with Crippen molar-refractivity contribution in [2.45, 2.75) is 64.7 Å². The number of rotatable bonds is 2. The zero-order valence-electron chi connectivity index (χ0n) is 29.0. The lowest BCUT2D eigenvalue weighted by Gasteiger charge is -2.35. The first-order valence-corrected chi connectivity index (χ1v) is 18.4. The molecule has 0 N–H and O–H groups in total. The number of allylic oxidation sites excluding steroid dienone is 4. The Morgan fingerprint density at radius 3 is 1.86 bits per heavy atom. The maximum Gasteiger partial charge on any atom is 0.00259 e. The minimum absolute atomic E-state index is 0.403. The van der Waals surface area contributed by atoms with Crippen LogP contribution in [-0.4, -0.2) is 0 Å². The van der Waals surface area contributed by atoms with E-state index in [2.05, 4.69) is 154 Å². The van der Waals surface area contributed by atoms with Crippen molar-refractivity contribution in [3.63, 3.8) is 0 Å². The Bertz CT molecular complexity index is 2290. The maximum absolute atomic E-state index is 2.56. The highest BCUT2D eigenvalue weighted by Gasteiger charge is 2.37.